The van der Waals surface area contributed by atoms with Crippen LogP contribution in [0.5, 0.6) is 0 Å². The fraction of sp³-hybridized carbons (Fsp3) is 0.258. The summed E-state index contributed by atoms with van der Waals surface area (Å²) in [6, 6.07) is 20.7. The number of anilines is 2. The van der Waals surface area contributed by atoms with Crippen molar-refractivity contribution in [1.29, 1.82) is 0 Å². The summed E-state index contributed by atoms with van der Waals surface area (Å²) in [5.74, 6) is -0.798. The minimum atomic E-state index is -0.584. The number of aryl methyl sites for hydroxylation is 1. The molecular formula is C31H30N2O4S3. The zero-order chi connectivity index (χ0) is 27.9. The number of methoxy groups -OCH3 is 1. The molecular weight excluding hydrogens is 561 g/mol. The number of hydrogen-bond acceptors (Lipinski definition) is 7. The van der Waals surface area contributed by atoms with Crippen molar-refractivity contribution in [2.45, 2.75) is 48.7 Å². The number of carbonyl (C=O) groups excluding carboxylic acids is 3. The number of thiophene rings is 2. The van der Waals surface area contributed by atoms with Crippen LogP contribution in [-0.4, -0.2) is 24.9 Å². The fourth-order valence-electron chi connectivity index (χ4n) is 4.79. The molecule has 0 radical (unpaired) electrons. The van der Waals surface area contributed by atoms with Gasteiger partial charge >= 0.3 is 5.97 Å². The van der Waals surface area contributed by atoms with E-state index >= 15 is 0 Å². The lowest BCUT2D eigenvalue weighted by molar-refractivity contribution is -0.115. The summed E-state index contributed by atoms with van der Waals surface area (Å²) in [5, 5.41) is 7.87. The number of amides is 2. The zero-order valence-electron chi connectivity index (χ0n) is 22.1. The largest absolute Gasteiger partial charge is 0.465 e. The van der Waals surface area contributed by atoms with Gasteiger partial charge in [0, 0.05) is 15.5 Å². The van der Waals surface area contributed by atoms with Crippen LogP contribution in [0.15, 0.2) is 77.0 Å². The fourth-order valence-corrected chi connectivity index (χ4v) is 7.77. The summed E-state index contributed by atoms with van der Waals surface area (Å²) in [5.41, 5.74) is 3.01. The number of rotatable bonds is 8. The van der Waals surface area contributed by atoms with Crippen LogP contribution in [0.25, 0.3) is 0 Å². The van der Waals surface area contributed by atoms with Crippen LogP contribution in [0.2, 0.25) is 0 Å². The van der Waals surface area contributed by atoms with Gasteiger partial charge in [-0.3, -0.25) is 9.59 Å². The van der Waals surface area contributed by atoms with Gasteiger partial charge in [-0.05, 0) is 66.5 Å². The molecule has 0 saturated carbocycles. The second-order valence-electron chi connectivity index (χ2n) is 9.47. The van der Waals surface area contributed by atoms with Gasteiger partial charge in [0.15, 0.2) is 0 Å². The molecule has 5 rings (SSSR count). The Bertz CT molecular complexity index is 1480. The zero-order valence-corrected chi connectivity index (χ0v) is 24.6. The molecule has 2 N–H and O–H groups in total. The third-order valence-corrected chi connectivity index (χ3v) is 10.1. The molecule has 4 aromatic rings. The molecule has 2 amide bonds. The van der Waals surface area contributed by atoms with Gasteiger partial charge in [-0.2, -0.15) is 0 Å². The van der Waals surface area contributed by atoms with Gasteiger partial charge in [-0.15, -0.1) is 34.4 Å². The maximum Gasteiger partial charge on any atom is 0.341 e. The van der Waals surface area contributed by atoms with E-state index in [-0.39, 0.29) is 11.8 Å². The third-order valence-electron chi connectivity index (χ3n) is 6.73. The Morgan fingerprint density at radius 1 is 0.900 bits per heavy atom. The molecule has 0 saturated heterocycles. The van der Waals surface area contributed by atoms with E-state index in [0.717, 1.165) is 53.0 Å². The molecule has 6 nitrogen and oxygen atoms in total. The van der Waals surface area contributed by atoms with Crippen molar-refractivity contribution < 1.29 is 19.1 Å². The first-order valence-electron chi connectivity index (χ1n) is 13.2. The van der Waals surface area contributed by atoms with Crippen molar-refractivity contribution in [3.8, 4) is 0 Å². The average Bonchev–Trinajstić information content (AvgIpc) is 3.61. The molecule has 206 valence electrons. The Morgan fingerprint density at radius 3 is 2.45 bits per heavy atom. The smallest absolute Gasteiger partial charge is 0.341 e. The minimum Gasteiger partial charge on any atom is -0.465 e. The van der Waals surface area contributed by atoms with Crippen LogP contribution in [0.4, 0.5) is 10.7 Å². The highest BCUT2D eigenvalue weighted by atomic mass is 32.2. The third kappa shape index (κ3) is 6.66. The molecule has 0 bridgehead atoms. The van der Waals surface area contributed by atoms with E-state index in [1.54, 1.807) is 6.07 Å². The number of fused-ring (bicyclic) bond motifs is 1. The summed E-state index contributed by atoms with van der Waals surface area (Å²) in [6.45, 7) is 0. The lowest BCUT2D eigenvalue weighted by Gasteiger charge is -2.18. The highest BCUT2D eigenvalue weighted by Crippen LogP contribution is 2.41. The monoisotopic (exact) mass is 590 g/mol. The van der Waals surface area contributed by atoms with E-state index < -0.39 is 11.2 Å². The number of hydrogen-bond donors (Lipinski definition) is 2. The lowest BCUT2D eigenvalue weighted by atomic mass is 9.96. The van der Waals surface area contributed by atoms with Gasteiger partial charge in [0.25, 0.3) is 5.91 Å². The predicted molar refractivity (Wildman–Crippen MR) is 164 cm³/mol. The van der Waals surface area contributed by atoms with Gasteiger partial charge in [0.1, 0.15) is 10.3 Å². The predicted octanol–water partition coefficient (Wildman–Crippen LogP) is 7.98. The second kappa shape index (κ2) is 13.3. The standard InChI is InChI=1S/C31H30N2O4S3/c1-37-31(36)26-23-15-7-2-3-8-16-24(23)40-30(26)33-29(35)27(20-11-5-4-6-12-20)39-22-14-9-13-21(19-22)32-28(34)25-17-10-18-38-25/h4-6,9-14,17-19,27H,2-3,7-8,15-16H2,1H3,(H,32,34)(H,33,35). The van der Waals surface area contributed by atoms with Crippen LogP contribution in [-0.2, 0) is 22.4 Å². The van der Waals surface area contributed by atoms with Crippen LogP contribution in [0, 0.1) is 0 Å². The van der Waals surface area contributed by atoms with Crippen LogP contribution in [0.1, 0.15) is 67.0 Å². The number of nitrogens with one attached hydrogen (secondary N) is 2. The number of carbonyl (C=O) groups is 3. The maximum absolute atomic E-state index is 13.9. The molecule has 40 heavy (non-hydrogen) atoms. The topological polar surface area (TPSA) is 84.5 Å². The summed E-state index contributed by atoms with van der Waals surface area (Å²) >= 11 is 4.27. The van der Waals surface area contributed by atoms with Gasteiger partial charge < -0.3 is 15.4 Å². The van der Waals surface area contributed by atoms with E-state index in [9.17, 15) is 14.4 Å². The molecule has 2 aromatic heterocycles. The Hall–Kier alpha value is -3.40. The number of benzene rings is 2. The Kier molecular flexibility index (Phi) is 9.36. The number of thioether (sulfide) groups is 1. The molecule has 1 aliphatic carbocycles. The quantitative estimate of drug-likeness (QED) is 0.161. The summed E-state index contributed by atoms with van der Waals surface area (Å²) in [6.07, 6.45) is 6.11. The molecule has 2 heterocycles. The maximum atomic E-state index is 13.9. The highest BCUT2D eigenvalue weighted by Gasteiger charge is 2.29. The summed E-state index contributed by atoms with van der Waals surface area (Å²) in [4.78, 5) is 42.0. The molecule has 0 fully saturated rings. The highest BCUT2D eigenvalue weighted by molar-refractivity contribution is 8.00. The number of esters is 1. The average molecular weight is 591 g/mol. The van der Waals surface area contributed by atoms with Crippen LogP contribution < -0.4 is 10.6 Å². The van der Waals surface area contributed by atoms with Crippen molar-refractivity contribution in [2.24, 2.45) is 0 Å². The van der Waals surface area contributed by atoms with Crippen molar-refractivity contribution in [2.75, 3.05) is 17.7 Å². The van der Waals surface area contributed by atoms with E-state index in [2.05, 4.69) is 10.6 Å². The first kappa shape index (κ1) is 28.1. The normalized spacial score (nSPS) is 13.8. The molecule has 1 atom stereocenters. The summed E-state index contributed by atoms with van der Waals surface area (Å²) < 4.78 is 5.14. The van der Waals surface area contributed by atoms with E-state index in [1.807, 2.05) is 66.0 Å². The molecule has 9 heteroatoms. The van der Waals surface area contributed by atoms with Crippen LogP contribution >= 0.6 is 34.4 Å². The molecule has 0 aliphatic heterocycles. The van der Waals surface area contributed by atoms with E-state index in [1.165, 1.54) is 48.0 Å². The summed E-state index contributed by atoms with van der Waals surface area (Å²) in [7, 11) is 1.38. The Labute approximate surface area is 246 Å². The van der Waals surface area contributed by atoms with Gasteiger partial charge in [-0.1, -0.05) is 55.3 Å². The van der Waals surface area contributed by atoms with Crippen molar-refractivity contribution in [1.82, 2.24) is 0 Å². The Balaban J connectivity index is 1.42. The SMILES string of the molecule is COC(=O)c1c(NC(=O)C(Sc2cccc(NC(=O)c3cccs3)c2)c2ccccc2)sc2c1CCCCCC2. The van der Waals surface area contributed by atoms with Crippen molar-refractivity contribution in [3.63, 3.8) is 0 Å². The molecule has 2 aromatic carbocycles. The molecule has 0 spiro atoms. The Morgan fingerprint density at radius 2 is 1.70 bits per heavy atom. The van der Waals surface area contributed by atoms with E-state index in [0.29, 0.717) is 21.1 Å². The van der Waals surface area contributed by atoms with Gasteiger partial charge in [0.2, 0.25) is 5.91 Å². The van der Waals surface area contributed by atoms with Crippen molar-refractivity contribution in [3.05, 3.63) is 98.6 Å². The molecule has 1 aliphatic rings. The number of ether oxygens (including phenoxy) is 1. The first-order chi connectivity index (χ1) is 19.5. The first-order valence-corrected chi connectivity index (χ1v) is 15.8. The van der Waals surface area contributed by atoms with Gasteiger partial charge in [0.05, 0.1) is 17.6 Å². The van der Waals surface area contributed by atoms with Crippen LogP contribution in [0.3, 0.4) is 0 Å². The minimum absolute atomic E-state index is 0.168. The lowest BCUT2D eigenvalue weighted by Crippen LogP contribution is -2.20. The van der Waals surface area contributed by atoms with E-state index in [4.69, 9.17) is 4.74 Å². The van der Waals surface area contributed by atoms with Gasteiger partial charge in [-0.25, -0.2) is 4.79 Å². The molecule has 1 unspecified atom stereocenters. The second-order valence-corrected chi connectivity index (χ2v) is 12.7. The van der Waals surface area contributed by atoms with Crippen molar-refractivity contribution >= 4 is 62.9 Å².